The predicted octanol–water partition coefficient (Wildman–Crippen LogP) is 5.30. The Morgan fingerprint density at radius 2 is 1.61 bits per heavy atom. The Labute approximate surface area is 131 Å². The van der Waals surface area contributed by atoms with Gasteiger partial charge in [0.1, 0.15) is 5.75 Å². The highest BCUT2D eigenvalue weighted by atomic mass is 19.4. The lowest BCUT2D eigenvalue weighted by Gasteiger charge is -2.12. The Hall–Kier alpha value is -2.50. The molecular formula is C17H15F3O3. The van der Waals surface area contributed by atoms with Gasteiger partial charge in [0, 0.05) is 5.56 Å². The lowest BCUT2D eigenvalue weighted by atomic mass is 10.0. The molecule has 2 aromatic rings. The molecule has 0 radical (unpaired) electrons. The SMILES string of the molecule is CC(C)OC(=O)Oc1ccccc1-c1ccc(C(F)(F)F)cc1. The first kappa shape index (κ1) is 16.9. The molecule has 2 aromatic carbocycles. The van der Waals surface area contributed by atoms with E-state index in [-0.39, 0.29) is 11.9 Å². The van der Waals surface area contributed by atoms with Gasteiger partial charge in [-0.2, -0.15) is 13.2 Å². The summed E-state index contributed by atoms with van der Waals surface area (Å²) in [4.78, 5) is 11.6. The van der Waals surface area contributed by atoms with Gasteiger partial charge in [0.25, 0.3) is 0 Å². The molecule has 0 heterocycles. The van der Waals surface area contributed by atoms with Crippen molar-refractivity contribution in [3.8, 4) is 16.9 Å². The number of hydrogen-bond donors (Lipinski definition) is 0. The van der Waals surface area contributed by atoms with Gasteiger partial charge >= 0.3 is 12.3 Å². The maximum absolute atomic E-state index is 12.6. The number of rotatable bonds is 3. The van der Waals surface area contributed by atoms with Crippen molar-refractivity contribution in [3.05, 3.63) is 54.1 Å². The molecule has 0 aliphatic carbocycles. The number of hydrogen-bond acceptors (Lipinski definition) is 3. The molecule has 0 saturated carbocycles. The van der Waals surface area contributed by atoms with Gasteiger partial charge in [-0.25, -0.2) is 4.79 Å². The first-order valence-electron chi connectivity index (χ1n) is 6.92. The van der Waals surface area contributed by atoms with Crippen LogP contribution in [-0.4, -0.2) is 12.3 Å². The largest absolute Gasteiger partial charge is 0.514 e. The van der Waals surface area contributed by atoms with Crippen LogP contribution in [-0.2, 0) is 10.9 Å². The molecule has 0 bridgehead atoms. The van der Waals surface area contributed by atoms with Crippen molar-refractivity contribution in [1.29, 1.82) is 0 Å². The molecule has 0 fully saturated rings. The van der Waals surface area contributed by atoms with Crippen LogP contribution in [0.2, 0.25) is 0 Å². The van der Waals surface area contributed by atoms with Gasteiger partial charge in [-0.05, 0) is 37.6 Å². The van der Waals surface area contributed by atoms with Crippen molar-refractivity contribution >= 4 is 6.16 Å². The Morgan fingerprint density at radius 3 is 2.17 bits per heavy atom. The number of benzene rings is 2. The van der Waals surface area contributed by atoms with Gasteiger partial charge in [-0.15, -0.1) is 0 Å². The lowest BCUT2D eigenvalue weighted by molar-refractivity contribution is -0.137. The zero-order chi connectivity index (χ0) is 17.0. The number of alkyl halides is 3. The van der Waals surface area contributed by atoms with Crippen molar-refractivity contribution in [2.45, 2.75) is 26.1 Å². The first-order valence-corrected chi connectivity index (χ1v) is 6.92. The average molecular weight is 324 g/mol. The van der Waals surface area contributed by atoms with Gasteiger partial charge in [0.15, 0.2) is 0 Å². The zero-order valence-electron chi connectivity index (χ0n) is 12.6. The van der Waals surface area contributed by atoms with E-state index in [1.807, 2.05) is 0 Å². The van der Waals surface area contributed by atoms with E-state index < -0.39 is 17.9 Å². The summed E-state index contributed by atoms with van der Waals surface area (Å²) >= 11 is 0. The molecular weight excluding hydrogens is 309 g/mol. The fourth-order valence-electron chi connectivity index (χ4n) is 1.94. The summed E-state index contributed by atoms with van der Waals surface area (Å²) in [5, 5.41) is 0. The molecule has 0 aliphatic heterocycles. The maximum atomic E-state index is 12.6. The second kappa shape index (κ2) is 6.73. The number of halogens is 3. The van der Waals surface area contributed by atoms with Crippen LogP contribution in [0.15, 0.2) is 48.5 Å². The number of para-hydroxylation sites is 1. The monoisotopic (exact) mass is 324 g/mol. The lowest BCUT2D eigenvalue weighted by Crippen LogP contribution is -2.15. The Balaban J connectivity index is 2.28. The van der Waals surface area contributed by atoms with Crippen LogP contribution in [0.5, 0.6) is 5.75 Å². The van der Waals surface area contributed by atoms with Crippen LogP contribution < -0.4 is 4.74 Å². The Bertz CT molecular complexity index is 676. The fraction of sp³-hybridized carbons (Fsp3) is 0.235. The molecule has 0 aliphatic rings. The van der Waals surface area contributed by atoms with Gasteiger partial charge in [0.05, 0.1) is 11.7 Å². The quantitative estimate of drug-likeness (QED) is 0.568. The number of carbonyl (C=O) groups is 1. The van der Waals surface area contributed by atoms with Gasteiger partial charge in [-0.3, -0.25) is 0 Å². The number of carbonyl (C=O) groups excluding carboxylic acids is 1. The van der Waals surface area contributed by atoms with Gasteiger partial charge < -0.3 is 9.47 Å². The van der Waals surface area contributed by atoms with Crippen LogP contribution >= 0.6 is 0 Å². The normalized spacial score (nSPS) is 11.4. The highest BCUT2D eigenvalue weighted by Crippen LogP contribution is 2.34. The second-order valence-corrected chi connectivity index (χ2v) is 5.09. The molecule has 0 saturated heterocycles. The van der Waals surface area contributed by atoms with E-state index >= 15 is 0 Å². The molecule has 23 heavy (non-hydrogen) atoms. The summed E-state index contributed by atoms with van der Waals surface area (Å²) in [6.07, 6.45) is -5.59. The van der Waals surface area contributed by atoms with Crippen LogP contribution in [0.25, 0.3) is 11.1 Å². The molecule has 6 heteroatoms. The average Bonchev–Trinajstić information content (AvgIpc) is 2.46. The standard InChI is InChI=1S/C17H15F3O3/c1-11(2)22-16(21)23-15-6-4-3-5-14(15)12-7-9-13(10-8-12)17(18,19)20/h3-11H,1-2H3. The van der Waals surface area contributed by atoms with Crippen molar-refractivity contribution in [1.82, 2.24) is 0 Å². The van der Waals surface area contributed by atoms with E-state index in [2.05, 4.69) is 0 Å². The Morgan fingerprint density at radius 1 is 1.00 bits per heavy atom. The van der Waals surface area contributed by atoms with Crippen LogP contribution in [0.1, 0.15) is 19.4 Å². The molecule has 0 N–H and O–H groups in total. The van der Waals surface area contributed by atoms with E-state index in [1.54, 1.807) is 38.1 Å². The highest BCUT2D eigenvalue weighted by molar-refractivity contribution is 5.74. The topological polar surface area (TPSA) is 35.5 Å². The smallest absolute Gasteiger partial charge is 0.431 e. The molecule has 0 aromatic heterocycles. The second-order valence-electron chi connectivity index (χ2n) is 5.09. The van der Waals surface area contributed by atoms with Crippen LogP contribution in [0.4, 0.5) is 18.0 Å². The van der Waals surface area contributed by atoms with Gasteiger partial charge in [0.2, 0.25) is 0 Å². The minimum absolute atomic E-state index is 0.220. The summed E-state index contributed by atoms with van der Waals surface area (Å²) in [6, 6.07) is 11.2. The highest BCUT2D eigenvalue weighted by Gasteiger charge is 2.30. The van der Waals surface area contributed by atoms with Crippen molar-refractivity contribution in [3.63, 3.8) is 0 Å². The summed E-state index contributed by atoms with van der Waals surface area (Å²) in [6.45, 7) is 3.37. The fourth-order valence-corrected chi connectivity index (χ4v) is 1.94. The summed E-state index contributed by atoms with van der Waals surface area (Å²) < 4.78 is 47.9. The van der Waals surface area contributed by atoms with E-state index in [1.165, 1.54) is 12.1 Å². The predicted molar refractivity (Wildman–Crippen MR) is 79.1 cm³/mol. The zero-order valence-corrected chi connectivity index (χ0v) is 12.6. The minimum atomic E-state index is -4.39. The third-order valence-corrected chi connectivity index (χ3v) is 2.94. The maximum Gasteiger partial charge on any atom is 0.514 e. The molecule has 0 atom stereocenters. The van der Waals surface area contributed by atoms with Crippen molar-refractivity contribution < 1.29 is 27.4 Å². The van der Waals surface area contributed by atoms with Crippen LogP contribution in [0.3, 0.4) is 0 Å². The molecule has 0 amide bonds. The molecule has 2 rings (SSSR count). The van der Waals surface area contributed by atoms with E-state index in [9.17, 15) is 18.0 Å². The van der Waals surface area contributed by atoms with Crippen molar-refractivity contribution in [2.75, 3.05) is 0 Å². The Kier molecular flexibility index (Phi) is 4.93. The van der Waals surface area contributed by atoms with Crippen molar-refractivity contribution in [2.24, 2.45) is 0 Å². The van der Waals surface area contributed by atoms with E-state index in [4.69, 9.17) is 9.47 Å². The first-order chi connectivity index (χ1) is 10.8. The number of ether oxygens (including phenoxy) is 2. The van der Waals surface area contributed by atoms with Crippen LogP contribution in [0, 0.1) is 0 Å². The third-order valence-electron chi connectivity index (χ3n) is 2.94. The van der Waals surface area contributed by atoms with E-state index in [0.29, 0.717) is 11.1 Å². The third kappa shape index (κ3) is 4.48. The summed E-state index contributed by atoms with van der Waals surface area (Å²) in [5.41, 5.74) is 0.270. The molecule has 0 unspecified atom stereocenters. The van der Waals surface area contributed by atoms with Gasteiger partial charge in [-0.1, -0.05) is 30.3 Å². The molecule has 122 valence electrons. The van der Waals surface area contributed by atoms with E-state index in [0.717, 1.165) is 12.1 Å². The summed E-state index contributed by atoms with van der Waals surface area (Å²) in [5.74, 6) is 0.220. The molecule has 0 spiro atoms. The minimum Gasteiger partial charge on any atom is -0.431 e. The molecule has 3 nitrogen and oxygen atoms in total. The summed E-state index contributed by atoms with van der Waals surface area (Å²) in [7, 11) is 0.